The van der Waals surface area contributed by atoms with Crippen LogP contribution in [-0.4, -0.2) is 23.4 Å². The zero-order valence-corrected chi connectivity index (χ0v) is 17.6. The summed E-state index contributed by atoms with van der Waals surface area (Å²) in [5.41, 5.74) is 3.31. The molecule has 1 N–H and O–H groups in total. The number of oxazole rings is 1. The van der Waals surface area contributed by atoms with Gasteiger partial charge in [0.05, 0.1) is 23.4 Å². The summed E-state index contributed by atoms with van der Waals surface area (Å²) in [6.07, 6.45) is 1.58. The number of fused-ring (bicyclic) bond motifs is 1. The molecule has 0 aliphatic carbocycles. The van der Waals surface area contributed by atoms with E-state index in [4.69, 9.17) is 20.8 Å². The molecule has 0 saturated carbocycles. The molecule has 0 spiro atoms. The quantitative estimate of drug-likeness (QED) is 0.265. The van der Waals surface area contributed by atoms with Crippen molar-refractivity contribution >= 4 is 57.2 Å². The third-order valence-electron chi connectivity index (χ3n) is 4.13. The second-order valence-electron chi connectivity index (χ2n) is 5.95. The SMILES string of the molecule is COc1cccc(C=Nc2ccc3oc(-c4cc(I)ccc4Cl)nc3c2)c1O. The number of phenols is 1. The van der Waals surface area contributed by atoms with Gasteiger partial charge in [-0.05, 0) is 71.1 Å². The number of nitrogens with zero attached hydrogens (tertiary/aromatic N) is 2. The fourth-order valence-corrected chi connectivity index (χ4v) is 3.41. The maximum Gasteiger partial charge on any atom is 0.228 e. The molecule has 0 aliphatic rings. The Labute approximate surface area is 179 Å². The van der Waals surface area contributed by atoms with Gasteiger partial charge in [-0.1, -0.05) is 17.7 Å². The Balaban J connectivity index is 1.68. The highest BCUT2D eigenvalue weighted by Gasteiger charge is 2.12. The highest BCUT2D eigenvalue weighted by molar-refractivity contribution is 14.1. The minimum absolute atomic E-state index is 0.0480. The monoisotopic (exact) mass is 504 g/mol. The fourth-order valence-electron chi connectivity index (χ4n) is 2.72. The second kappa shape index (κ2) is 7.81. The van der Waals surface area contributed by atoms with Crippen molar-refractivity contribution in [1.29, 1.82) is 0 Å². The Morgan fingerprint density at radius 2 is 2.04 bits per heavy atom. The minimum atomic E-state index is 0.0480. The molecule has 0 saturated heterocycles. The lowest BCUT2D eigenvalue weighted by atomic mass is 10.2. The van der Waals surface area contributed by atoms with Crippen LogP contribution in [-0.2, 0) is 0 Å². The number of halogens is 2. The molecule has 4 rings (SSSR count). The number of rotatable bonds is 4. The van der Waals surface area contributed by atoms with Crippen LogP contribution in [0.15, 0.2) is 64.0 Å². The van der Waals surface area contributed by atoms with Gasteiger partial charge in [-0.15, -0.1) is 0 Å². The molecule has 1 aromatic heterocycles. The number of aromatic nitrogens is 1. The first-order valence-corrected chi connectivity index (χ1v) is 9.77. The van der Waals surface area contributed by atoms with Crippen LogP contribution in [0.5, 0.6) is 11.5 Å². The number of aliphatic imine (C=N–C) groups is 1. The van der Waals surface area contributed by atoms with Crippen molar-refractivity contribution in [2.75, 3.05) is 7.11 Å². The Kier molecular flexibility index (Phi) is 5.23. The molecule has 0 amide bonds. The van der Waals surface area contributed by atoms with Crippen LogP contribution in [0.25, 0.3) is 22.6 Å². The van der Waals surface area contributed by atoms with E-state index < -0.39 is 0 Å². The average Bonchev–Trinajstić information content (AvgIpc) is 3.12. The molecule has 7 heteroatoms. The molecule has 0 radical (unpaired) electrons. The molecule has 0 bridgehead atoms. The Morgan fingerprint density at radius 3 is 2.86 bits per heavy atom. The van der Waals surface area contributed by atoms with Crippen LogP contribution in [0.3, 0.4) is 0 Å². The number of hydrogen-bond acceptors (Lipinski definition) is 5. The summed E-state index contributed by atoms with van der Waals surface area (Å²) >= 11 is 8.51. The number of hydrogen-bond donors (Lipinski definition) is 1. The zero-order chi connectivity index (χ0) is 19.7. The number of ether oxygens (including phenoxy) is 1. The third kappa shape index (κ3) is 3.70. The van der Waals surface area contributed by atoms with Crippen LogP contribution >= 0.6 is 34.2 Å². The van der Waals surface area contributed by atoms with E-state index in [1.807, 2.05) is 36.4 Å². The number of benzene rings is 3. The Bertz CT molecular complexity index is 1200. The Hall–Kier alpha value is -2.58. The van der Waals surface area contributed by atoms with Crippen LogP contribution < -0.4 is 4.74 Å². The van der Waals surface area contributed by atoms with Gasteiger partial charge in [-0.3, -0.25) is 4.99 Å². The predicted molar refractivity (Wildman–Crippen MR) is 119 cm³/mol. The van der Waals surface area contributed by atoms with Gasteiger partial charge in [0, 0.05) is 15.3 Å². The van der Waals surface area contributed by atoms with Crippen molar-refractivity contribution in [2.45, 2.75) is 0 Å². The summed E-state index contributed by atoms with van der Waals surface area (Å²) in [5.74, 6) is 0.909. The molecular formula is C21H14ClIN2O3. The minimum Gasteiger partial charge on any atom is -0.504 e. The summed E-state index contributed by atoms with van der Waals surface area (Å²) in [6.45, 7) is 0. The molecule has 3 aromatic carbocycles. The summed E-state index contributed by atoms with van der Waals surface area (Å²) in [5, 5.41) is 10.7. The van der Waals surface area contributed by atoms with Gasteiger partial charge in [0.1, 0.15) is 5.52 Å². The van der Waals surface area contributed by atoms with Crippen molar-refractivity contribution in [3.8, 4) is 23.0 Å². The number of phenolic OH excluding ortho intramolecular Hbond substituents is 1. The van der Waals surface area contributed by atoms with Crippen molar-refractivity contribution in [3.63, 3.8) is 0 Å². The van der Waals surface area contributed by atoms with Crippen LogP contribution in [0.4, 0.5) is 5.69 Å². The van der Waals surface area contributed by atoms with Crippen LogP contribution in [0.1, 0.15) is 5.56 Å². The van der Waals surface area contributed by atoms with Crippen molar-refractivity contribution in [1.82, 2.24) is 4.98 Å². The molecule has 0 atom stereocenters. The lowest BCUT2D eigenvalue weighted by molar-refractivity contribution is 0.373. The van der Waals surface area contributed by atoms with Crippen molar-refractivity contribution < 1.29 is 14.3 Å². The lowest BCUT2D eigenvalue weighted by Gasteiger charge is -2.04. The topological polar surface area (TPSA) is 67.9 Å². The smallest absolute Gasteiger partial charge is 0.228 e. The van der Waals surface area contributed by atoms with E-state index in [-0.39, 0.29) is 5.75 Å². The first-order valence-electron chi connectivity index (χ1n) is 8.31. The molecule has 28 heavy (non-hydrogen) atoms. The molecular weight excluding hydrogens is 491 g/mol. The van der Waals surface area contributed by atoms with E-state index in [1.165, 1.54) is 7.11 Å². The van der Waals surface area contributed by atoms with Crippen molar-refractivity contribution in [3.05, 3.63) is 68.8 Å². The molecule has 5 nitrogen and oxygen atoms in total. The van der Waals surface area contributed by atoms with Gasteiger partial charge in [0.15, 0.2) is 17.1 Å². The average molecular weight is 505 g/mol. The predicted octanol–water partition coefficient (Wildman–Crippen LogP) is 6.22. The fraction of sp³-hybridized carbons (Fsp3) is 0.0476. The summed E-state index contributed by atoms with van der Waals surface area (Å²) in [4.78, 5) is 8.97. The normalized spacial score (nSPS) is 11.4. The number of para-hydroxylation sites is 1. The van der Waals surface area contributed by atoms with E-state index >= 15 is 0 Å². The summed E-state index contributed by atoms with van der Waals surface area (Å²) in [7, 11) is 1.51. The standard InChI is InChI=1S/C21H14ClIN2O3/c1-27-19-4-2-3-12(20(19)26)11-24-14-6-8-18-17(10-14)25-21(28-18)15-9-13(23)5-7-16(15)22/h2-11,26H,1H3. The lowest BCUT2D eigenvalue weighted by Crippen LogP contribution is -1.88. The van der Waals surface area contributed by atoms with Crippen molar-refractivity contribution in [2.24, 2.45) is 4.99 Å². The maximum atomic E-state index is 10.2. The maximum absolute atomic E-state index is 10.2. The van der Waals surface area contributed by atoms with Crippen LogP contribution in [0.2, 0.25) is 5.02 Å². The van der Waals surface area contributed by atoms with E-state index in [9.17, 15) is 5.11 Å². The van der Waals surface area contributed by atoms with E-state index in [2.05, 4.69) is 32.6 Å². The molecule has 0 fully saturated rings. The molecule has 0 aliphatic heterocycles. The summed E-state index contributed by atoms with van der Waals surface area (Å²) < 4.78 is 12.0. The molecule has 4 aromatic rings. The largest absolute Gasteiger partial charge is 0.504 e. The Morgan fingerprint density at radius 1 is 1.18 bits per heavy atom. The van der Waals surface area contributed by atoms with Gasteiger partial charge < -0.3 is 14.3 Å². The first kappa shape index (κ1) is 18.8. The van der Waals surface area contributed by atoms with Crippen LogP contribution in [0, 0.1) is 3.57 Å². The molecule has 1 heterocycles. The second-order valence-corrected chi connectivity index (χ2v) is 7.60. The molecule has 140 valence electrons. The number of aromatic hydroxyl groups is 1. The van der Waals surface area contributed by atoms with Gasteiger partial charge in [0.2, 0.25) is 5.89 Å². The summed E-state index contributed by atoms with van der Waals surface area (Å²) in [6, 6.07) is 16.4. The van der Waals surface area contributed by atoms with Gasteiger partial charge >= 0.3 is 0 Å². The first-order chi connectivity index (χ1) is 13.5. The highest BCUT2D eigenvalue weighted by Crippen LogP contribution is 2.33. The third-order valence-corrected chi connectivity index (χ3v) is 5.13. The molecule has 0 unspecified atom stereocenters. The van der Waals surface area contributed by atoms with Gasteiger partial charge in [-0.25, -0.2) is 4.98 Å². The van der Waals surface area contributed by atoms with E-state index in [0.29, 0.717) is 39.0 Å². The van der Waals surface area contributed by atoms with Gasteiger partial charge in [-0.2, -0.15) is 0 Å². The van der Waals surface area contributed by atoms with E-state index in [1.54, 1.807) is 24.4 Å². The van der Waals surface area contributed by atoms with E-state index in [0.717, 1.165) is 9.13 Å². The highest BCUT2D eigenvalue weighted by atomic mass is 127. The number of methoxy groups -OCH3 is 1. The van der Waals surface area contributed by atoms with Gasteiger partial charge in [0.25, 0.3) is 0 Å². The zero-order valence-electron chi connectivity index (χ0n) is 14.7.